The molecule has 0 radical (unpaired) electrons. The number of thioether (sulfide) groups is 1. The highest BCUT2D eigenvalue weighted by molar-refractivity contribution is 8.15. The first-order valence-corrected chi connectivity index (χ1v) is 12.3. The molecular formula is C27H23FN4O3S. The fourth-order valence-electron chi connectivity index (χ4n) is 4.10. The van der Waals surface area contributed by atoms with Gasteiger partial charge in [-0.15, -0.1) is 0 Å². The third-order valence-electron chi connectivity index (χ3n) is 5.94. The minimum atomic E-state index is -0.650. The van der Waals surface area contributed by atoms with Crippen molar-refractivity contribution in [1.82, 2.24) is 5.01 Å². The monoisotopic (exact) mass is 502 g/mol. The van der Waals surface area contributed by atoms with Gasteiger partial charge in [0.1, 0.15) is 16.8 Å². The van der Waals surface area contributed by atoms with Gasteiger partial charge in [0.25, 0.3) is 5.91 Å². The molecule has 0 aromatic heterocycles. The van der Waals surface area contributed by atoms with Crippen LogP contribution in [0.2, 0.25) is 0 Å². The number of methoxy groups -OCH3 is 1. The molecule has 36 heavy (non-hydrogen) atoms. The predicted molar refractivity (Wildman–Crippen MR) is 139 cm³/mol. The second kappa shape index (κ2) is 10.3. The number of hydrogen-bond acceptors (Lipinski definition) is 6. The Labute approximate surface area is 212 Å². The Kier molecular flexibility index (Phi) is 6.81. The summed E-state index contributed by atoms with van der Waals surface area (Å²) in [6.07, 6.45) is 0.554. The molecule has 0 saturated carbocycles. The first-order valence-electron chi connectivity index (χ1n) is 11.4. The lowest BCUT2D eigenvalue weighted by atomic mass is 9.99. The minimum absolute atomic E-state index is 0.0210. The number of carbonyl (C=O) groups excluding carboxylic acids is 2. The van der Waals surface area contributed by atoms with Crippen LogP contribution in [-0.2, 0) is 9.59 Å². The lowest BCUT2D eigenvalue weighted by molar-refractivity contribution is -0.121. The third-order valence-corrected chi connectivity index (χ3v) is 7.08. The lowest BCUT2D eigenvalue weighted by Gasteiger charge is -2.23. The molecule has 2 aliphatic heterocycles. The summed E-state index contributed by atoms with van der Waals surface area (Å²) in [5.74, 6) is -0.295. The molecule has 9 heteroatoms. The SMILES string of the molecule is COc1ccc(NC(=O)C[C@@H]2SC(N3N=C(c4ccccc4)C[C@H]3c3ccc(F)cc3)=NC2=O)cc1. The van der Waals surface area contributed by atoms with E-state index in [-0.39, 0.29) is 30.1 Å². The first-order chi connectivity index (χ1) is 17.5. The Morgan fingerprint density at radius 1 is 1.08 bits per heavy atom. The normalized spacial score (nSPS) is 19.2. The Balaban J connectivity index is 1.32. The van der Waals surface area contributed by atoms with Crippen molar-refractivity contribution in [3.05, 3.63) is 95.8 Å². The molecule has 0 fully saturated rings. The fraction of sp³-hybridized carbons (Fsp3) is 0.185. The van der Waals surface area contributed by atoms with Gasteiger partial charge < -0.3 is 10.1 Å². The van der Waals surface area contributed by atoms with Crippen molar-refractivity contribution in [3.63, 3.8) is 0 Å². The average molecular weight is 503 g/mol. The molecule has 2 atom stereocenters. The summed E-state index contributed by atoms with van der Waals surface area (Å²) >= 11 is 1.22. The number of nitrogens with zero attached hydrogens (tertiary/aromatic N) is 3. The van der Waals surface area contributed by atoms with Crippen molar-refractivity contribution >= 4 is 40.1 Å². The van der Waals surface area contributed by atoms with Crippen molar-refractivity contribution in [2.24, 2.45) is 10.1 Å². The maximum absolute atomic E-state index is 13.6. The van der Waals surface area contributed by atoms with E-state index < -0.39 is 5.25 Å². The highest BCUT2D eigenvalue weighted by Gasteiger charge is 2.39. The number of nitrogens with one attached hydrogen (secondary N) is 1. The number of hydrazone groups is 1. The van der Waals surface area contributed by atoms with Crippen molar-refractivity contribution in [2.75, 3.05) is 12.4 Å². The first kappa shape index (κ1) is 23.7. The van der Waals surface area contributed by atoms with Gasteiger partial charge in [0.05, 0.1) is 18.9 Å². The van der Waals surface area contributed by atoms with Crippen LogP contribution >= 0.6 is 11.8 Å². The molecule has 0 bridgehead atoms. The van der Waals surface area contributed by atoms with Gasteiger partial charge in [-0.05, 0) is 47.5 Å². The quantitative estimate of drug-likeness (QED) is 0.512. The number of amidine groups is 1. The molecule has 5 rings (SSSR count). The fourth-order valence-corrected chi connectivity index (χ4v) is 5.16. The van der Waals surface area contributed by atoms with Crippen molar-refractivity contribution in [2.45, 2.75) is 24.1 Å². The van der Waals surface area contributed by atoms with E-state index in [2.05, 4.69) is 10.3 Å². The zero-order valence-electron chi connectivity index (χ0n) is 19.4. The number of aliphatic imine (C=N–C) groups is 1. The van der Waals surface area contributed by atoms with Crippen LogP contribution in [0.1, 0.15) is 30.0 Å². The molecule has 1 N–H and O–H groups in total. The van der Waals surface area contributed by atoms with Gasteiger partial charge >= 0.3 is 0 Å². The number of ether oxygens (including phenoxy) is 1. The van der Waals surface area contributed by atoms with Gasteiger partial charge in [-0.2, -0.15) is 10.1 Å². The smallest absolute Gasteiger partial charge is 0.262 e. The topological polar surface area (TPSA) is 83.4 Å². The van der Waals surface area contributed by atoms with Crippen molar-refractivity contribution in [1.29, 1.82) is 0 Å². The van der Waals surface area contributed by atoms with Gasteiger partial charge in [-0.3, -0.25) is 9.59 Å². The molecule has 3 aromatic rings. The zero-order chi connectivity index (χ0) is 25.1. The van der Waals surface area contributed by atoms with E-state index in [1.54, 1.807) is 48.5 Å². The van der Waals surface area contributed by atoms with E-state index in [4.69, 9.17) is 9.84 Å². The van der Waals surface area contributed by atoms with Crippen LogP contribution in [-0.4, -0.2) is 40.1 Å². The molecule has 3 aromatic carbocycles. The molecule has 0 spiro atoms. The van der Waals surface area contributed by atoms with Crippen LogP contribution in [0, 0.1) is 5.82 Å². The van der Waals surface area contributed by atoms with Crippen LogP contribution in [0.3, 0.4) is 0 Å². The van der Waals surface area contributed by atoms with Crippen LogP contribution in [0.5, 0.6) is 5.75 Å². The molecule has 0 unspecified atom stereocenters. The maximum atomic E-state index is 13.6. The van der Waals surface area contributed by atoms with Crippen LogP contribution in [0.15, 0.2) is 89.0 Å². The molecule has 2 aliphatic rings. The van der Waals surface area contributed by atoms with E-state index in [0.29, 0.717) is 23.0 Å². The van der Waals surface area contributed by atoms with Gasteiger partial charge in [0.2, 0.25) is 5.91 Å². The summed E-state index contributed by atoms with van der Waals surface area (Å²) < 4.78 is 18.7. The van der Waals surface area contributed by atoms with Crippen molar-refractivity contribution in [3.8, 4) is 5.75 Å². The third kappa shape index (κ3) is 5.16. The van der Waals surface area contributed by atoms with Crippen LogP contribution < -0.4 is 10.1 Å². The summed E-state index contributed by atoms with van der Waals surface area (Å²) in [6.45, 7) is 0. The number of amides is 2. The van der Waals surface area contributed by atoms with Crippen molar-refractivity contribution < 1.29 is 18.7 Å². The maximum Gasteiger partial charge on any atom is 0.262 e. The summed E-state index contributed by atoms with van der Waals surface area (Å²) in [6, 6.07) is 22.8. The molecule has 2 amide bonds. The average Bonchev–Trinajstić information content (AvgIpc) is 3.49. The molecule has 182 valence electrons. The van der Waals surface area contributed by atoms with E-state index in [9.17, 15) is 14.0 Å². The second-order valence-electron chi connectivity index (χ2n) is 8.35. The molecule has 0 saturated heterocycles. The molecule has 2 heterocycles. The Morgan fingerprint density at radius 3 is 2.50 bits per heavy atom. The lowest BCUT2D eigenvalue weighted by Crippen LogP contribution is -2.25. The Morgan fingerprint density at radius 2 is 1.81 bits per heavy atom. The second-order valence-corrected chi connectivity index (χ2v) is 9.52. The van der Waals surface area contributed by atoms with E-state index in [1.165, 1.54) is 23.9 Å². The molecular weight excluding hydrogens is 479 g/mol. The predicted octanol–water partition coefficient (Wildman–Crippen LogP) is 5.01. The molecule has 7 nitrogen and oxygen atoms in total. The van der Waals surface area contributed by atoms with E-state index in [1.807, 2.05) is 30.3 Å². The number of anilines is 1. The summed E-state index contributed by atoms with van der Waals surface area (Å²) in [5.41, 5.74) is 3.30. The van der Waals surface area contributed by atoms with Crippen LogP contribution in [0.25, 0.3) is 0 Å². The highest BCUT2D eigenvalue weighted by Crippen LogP contribution is 2.38. The number of rotatable bonds is 6. The zero-order valence-corrected chi connectivity index (χ0v) is 20.2. The minimum Gasteiger partial charge on any atom is -0.497 e. The van der Waals surface area contributed by atoms with Gasteiger partial charge in [0.15, 0.2) is 5.17 Å². The van der Waals surface area contributed by atoms with E-state index >= 15 is 0 Å². The largest absolute Gasteiger partial charge is 0.497 e. The summed E-state index contributed by atoms with van der Waals surface area (Å²) in [7, 11) is 1.57. The number of carbonyl (C=O) groups is 2. The summed E-state index contributed by atoms with van der Waals surface area (Å²) in [4.78, 5) is 29.6. The number of halogens is 1. The van der Waals surface area contributed by atoms with Gasteiger partial charge in [-0.25, -0.2) is 9.40 Å². The molecule has 0 aliphatic carbocycles. The van der Waals surface area contributed by atoms with Crippen LogP contribution in [0.4, 0.5) is 10.1 Å². The Hall–Kier alpha value is -3.98. The number of benzene rings is 3. The number of hydrogen-bond donors (Lipinski definition) is 1. The summed E-state index contributed by atoms with van der Waals surface area (Å²) in [5, 5.41) is 9.10. The Bertz CT molecular complexity index is 1330. The van der Waals surface area contributed by atoms with Gasteiger partial charge in [-0.1, -0.05) is 54.2 Å². The van der Waals surface area contributed by atoms with E-state index in [0.717, 1.165) is 16.8 Å². The standard InChI is InChI=1S/C27H23FN4O3S/c1-35-21-13-11-20(12-14-21)29-25(33)16-24-26(34)30-27(36-24)32-23(18-7-9-19(28)10-8-18)15-22(31-32)17-5-3-2-4-6-17/h2-14,23-24H,15-16H2,1H3,(H,29,33)/t23-,24-/m0/s1. The van der Waals surface area contributed by atoms with Gasteiger partial charge in [0, 0.05) is 18.5 Å². The highest BCUT2D eigenvalue weighted by atomic mass is 32.2.